The van der Waals surface area contributed by atoms with E-state index in [1.165, 1.54) is 30.9 Å². The first-order chi connectivity index (χ1) is 8.52. The van der Waals surface area contributed by atoms with Gasteiger partial charge in [0.2, 0.25) is 0 Å². The van der Waals surface area contributed by atoms with E-state index in [9.17, 15) is 0 Å². The number of hydrogen-bond acceptors (Lipinski definition) is 2. The van der Waals surface area contributed by atoms with E-state index in [1.807, 2.05) is 18.4 Å². The zero-order valence-corrected chi connectivity index (χ0v) is 13.6. The molecule has 1 aromatic heterocycles. The van der Waals surface area contributed by atoms with Crippen LogP contribution in [-0.4, -0.2) is 7.05 Å². The quantitative estimate of drug-likeness (QED) is 0.859. The second kappa shape index (κ2) is 5.55. The summed E-state index contributed by atoms with van der Waals surface area (Å²) in [6.45, 7) is 6.46. The molecule has 1 N–H and O–H groups in total. The number of nitrogens with one attached hydrogen (secondary N) is 1. The Labute approximate surface area is 121 Å². The van der Waals surface area contributed by atoms with Crippen molar-refractivity contribution in [2.24, 2.45) is 0 Å². The van der Waals surface area contributed by atoms with Gasteiger partial charge in [-0.15, -0.1) is 11.3 Å². The van der Waals surface area contributed by atoms with Crippen molar-refractivity contribution in [3.8, 4) is 0 Å². The summed E-state index contributed by atoms with van der Waals surface area (Å²) in [7, 11) is 2.02. The Balaban J connectivity index is 2.48. The fourth-order valence-corrected chi connectivity index (χ4v) is 3.64. The minimum Gasteiger partial charge on any atom is -0.309 e. The Bertz CT molecular complexity index is 560. The zero-order chi connectivity index (χ0) is 13.3. The summed E-state index contributed by atoms with van der Waals surface area (Å²) in [5.74, 6) is 0. The van der Waals surface area contributed by atoms with E-state index < -0.39 is 0 Å². The maximum Gasteiger partial charge on any atom is 0.0671 e. The van der Waals surface area contributed by atoms with Gasteiger partial charge in [0.1, 0.15) is 0 Å². The van der Waals surface area contributed by atoms with E-state index in [1.54, 1.807) is 0 Å². The molecule has 0 fully saturated rings. The van der Waals surface area contributed by atoms with Crippen molar-refractivity contribution in [3.05, 3.63) is 55.2 Å². The maximum atomic E-state index is 3.59. The molecular weight excluding hydrogens is 306 g/mol. The molecule has 2 aromatic rings. The highest BCUT2D eigenvalue weighted by Gasteiger charge is 2.16. The molecule has 1 nitrogen and oxygen atoms in total. The molecule has 0 radical (unpaired) electrons. The van der Waals surface area contributed by atoms with Crippen LogP contribution in [0.15, 0.2) is 28.7 Å². The van der Waals surface area contributed by atoms with Crippen molar-refractivity contribution < 1.29 is 0 Å². The lowest BCUT2D eigenvalue weighted by Gasteiger charge is -2.19. The molecule has 96 valence electrons. The molecule has 0 saturated heterocycles. The third-order valence-electron chi connectivity index (χ3n) is 3.19. The molecule has 0 aliphatic carbocycles. The van der Waals surface area contributed by atoms with Gasteiger partial charge >= 0.3 is 0 Å². The minimum atomic E-state index is 0.287. The van der Waals surface area contributed by atoms with Crippen molar-refractivity contribution in [1.29, 1.82) is 0 Å². The highest BCUT2D eigenvalue weighted by Crippen LogP contribution is 2.32. The fraction of sp³-hybridized carbons (Fsp3) is 0.333. The van der Waals surface area contributed by atoms with Gasteiger partial charge in [0.25, 0.3) is 0 Å². The van der Waals surface area contributed by atoms with E-state index in [4.69, 9.17) is 0 Å². The first-order valence-electron chi connectivity index (χ1n) is 6.03. The lowest BCUT2D eigenvalue weighted by Crippen LogP contribution is -2.17. The van der Waals surface area contributed by atoms with E-state index in [-0.39, 0.29) is 6.04 Å². The van der Waals surface area contributed by atoms with E-state index in [2.05, 4.69) is 66.3 Å². The number of hydrogen-bond donors (Lipinski definition) is 1. The van der Waals surface area contributed by atoms with Gasteiger partial charge in [-0.05, 0) is 62.7 Å². The Morgan fingerprint density at radius 3 is 2.39 bits per heavy atom. The normalized spacial score (nSPS) is 12.7. The smallest absolute Gasteiger partial charge is 0.0671 e. The summed E-state index contributed by atoms with van der Waals surface area (Å²) in [5.41, 5.74) is 3.96. The van der Waals surface area contributed by atoms with Crippen LogP contribution in [0.3, 0.4) is 0 Å². The van der Waals surface area contributed by atoms with E-state index in [0.29, 0.717) is 0 Å². The van der Waals surface area contributed by atoms with Gasteiger partial charge in [0, 0.05) is 14.2 Å². The van der Waals surface area contributed by atoms with Gasteiger partial charge in [0.05, 0.1) is 6.04 Å². The van der Waals surface area contributed by atoms with E-state index in [0.717, 1.165) is 0 Å². The average molecular weight is 324 g/mol. The van der Waals surface area contributed by atoms with Crippen LogP contribution >= 0.6 is 27.3 Å². The van der Waals surface area contributed by atoms with Crippen molar-refractivity contribution >= 4 is 27.3 Å². The average Bonchev–Trinajstić information content (AvgIpc) is 2.73. The molecule has 1 atom stereocenters. The van der Waals surface area contributed by atoms with Gasteiger partial charge in [-0.3, -0.25) is 0 Å². The summed E-state index contributed by atoms with van der Waals surface area (Å²) in [6.07, 6.45) is 0. The van der Waals surface area contributed by atoms with Gasteiger partial charge in [-0.2, -0.15) is 0 Å². The van der Waals surface area contributed by atoms with Gasteiger partial charge in [0.15, 0.2) is 0 Å². The highest BCUT2D eigenvalue weighted by molar-refractivity contribution is 9.10. The summed E-state index contributed by atoms with van der Waals surface area (Å²) < 4.78 is 1.18. The van der Waals surface area contributed by atoms with Crippen LogP contribution in [0.1, 0.15) is 32.5 Å². The number of benzene rings is 1. The van der Waals surface area contributed by atoms with Crippen molar-refractivity contribution in [2.75, 3.05) is 7.05 Å². The van der Waals surface area contributed by atoms with Crippen molar-refractivity contribution in [3.63, 3.8) is 0 Å². The standard InChI is InChI=1S/C15H18BrNS/c1-9-8-13(16)10(2)7-12(9)15(17-4)14-6-5-11(3)18-14/h5-8,15,17H,1-4H3. The topological polar surface area (TPSA) is 12.0 Å². The Morgan fingerprint density at radius 1 is 1.11 bits per heavy atom. The molecule has 0 saturated carbocycles. The predicted molar refractivity (Wildman–Crippen MR) is 83.6 cm³/mol. The molecule has 3 heteroatoms. The van der Waals surface area contributed by atoms with Crippen LogP contribution in [0.5, 0.6) is 0 Å². The highest BCUT2D eigenvalue weighted by atomic mass is 79.9. The molecule has 2 rings (SSSR count). The second-order valence-electron chi connectivity index (χ2n) is 4.63. The molecule has 0 spiro atoms. The van der Waals surface area contributed by atoms with Gasteiger partial charge in [-0.25, -0.2) is 0 Å². The minimum absolute atomic E-state index is 0.287. The summed E-state index contributed by atoms with van der Waals surface area (Å²) in [6, 6.07) is 9.17. The summed E-state index contributed by atoms with van der Waals surface area (Å²) in [4.78, 5) is 2.73. The molecule has 1 aromatic carbocycles. The van der Waals surface area contributed by atoms with Crippen LogP contribution in [0.25, 0.3) is 0 Å². The number of halogens is 1. The first-order valence-corrected chi connectivity index (χ1v) is 7.64. The van der Waals surface area contributed by atoms with Crippen molar-refractivity contribution in [2.45, 2.75) is 26.8 Å². The zero-order valence-electron chi connectivity index (χ0n) is 11.2. The fourth-order valence-electron chi connectivity index (χ4n) is 2.17. The number of thiophene rings is 1. The Hall–Kier alpha value is -0.640. The maximum absolute atomic E-state index is 3.59. The molecule has 0 amide bonds. The SMILES string of the molecule is CNC(c1ccc(C)s1)c1cc(C)c(Br)cc1C. The predicted octanol–water partition coefficient (Wildman–Crippen LogP) is 4.74. The van der Waals surface area contributed by atoms with E-state index >= 15 is 0 Å². The third-order valence-corrected chi connectivity index (χ3v) is 5.11. The van der Waals surface area contributed by atoms with Crippen LogP contribution < -0.4 is 5.32 Å². The second-order valence-corrected chi connectivity index (χ2v) is 6.80. The van der Waals surface area contributed by atoms with Gasteiger partial charge < -0.3 is 5.32 Å². The monoisotopic (exact) mass is 323 g/mol. The lowest BCUT2D eigenvalue weighted by molar-refractivity contribution is 0.698. The molecule has 1 unspecified atom stereocenters. The molecule has 0 aliphatic heterocycles. The lowest BCUT2D eigenvalue weighted by atomic mass is 9.98. The summed E-state index contributed by atoms with van der Waals surface area (Å²) in [5, 5.41) is 3.43. The summed E-state index contributed by atoms with van der Waals surface area (Å²) >= 11 is 5.45. The largest absolute Gasteiger partial charge is 0.309 e. The molecule has 1 heterocycles. The number of aryl methyl sites for hydroxylation is 3. The molecule has 0 aliphatic rings. The Morgan fingerprint density at radius 2 is 1.83 bits per heavy atom. The molecule has 0 bridgehead atoms. The van der Waals surface area contributed by atoms with Crippen molar-refractivity contribution in [1.82, 2.24) is 5.32 Å². The molecule has 18 heavy (non-hydrogen) atoms. The van der Waals surface area contributed by atoms with Crippen LogP contribution in [0, 0.1) is 20.8 Å². The number of rotatable bonds is 3. The van der Waals surface area contributed by atoms with Crippen LogP contribution in [-0.2, 0) is 0 Å². The first kappa shape index (κ1) is 13.8. The van der Waals surface area contributed by atoms with Crippen LogP contribution in [0.4, 0.5) is 0 Å². The Kier molecular flexibility index (Phi) is 4.25. The van der Waals surface area contributed by atoms with Gasteiger partial charge in [-0.1, -0.05) is 22.0 Å². The van der Waals surface area contributed by atoms with Crippen LogP contribution in [0.2, 0.25) is 0 Å². The molecular formula is C15H18BrNS. The third kappa shape index (κ3) is 2.68.